The number of hydrogen-bond donors (Lipinski definition) is 1. The minimum Gasteiger partial charge on any atom is -0.382 e. The van der Waals surface area contributed by atoms with Gasteiger partial charge in [0.05, 0.1) is 4.92 Å². The molecule has 0 amide bonds. The van der Waals surface area contributed by atoms with Crippen molar-refractivity contribution in [3.05, 3.63) is 33.9 Å². The molecule has 5 nitrogen and oxygen atoms in total. The number of nitro benzene ring substituents is 1. The van der Waals surface area contributed by atoms with Gasteiger partial charge in [-0.25, -0.2) is 0 Å². The summed E-state index contributed by atoms with van der Waals surface area (Å²) in [6.45, 7) is 6.20. The number of anilines is 1. The second-order valence-electron chi connectivity index (χ2n) is 5.54. The molecule has 1 saturated heterocycles. The smallest absolute Gasteiger partial charge is 0.272 e. The zero-order valence-electron chi connectivity index (χ0n) is 11.7. The average Bonchev–Trinajstić information content (AvgIpc) is 2.32. The molecule has 1 aromatic rings. The van der Waals surface area contributed by atoms with E-state index in [0.717, 1.165) is 25.2 Å². The van der Waals surface area contributed by atoms with Gasteiger partial charge in [-0.15, -0.1) is 0 Å². The average molecular weight is 263 g/mol. The number of benzene rings is 1. The fraction of sp³-hybridized carbons (Fsp3) is 0.571. The molecule has 0 bridgehead atoms. The molecule has 2 rings (SSSR count). The SMILES string of the molecule is Cc1cc(NC2CCN(C)CC2C)ccc1[N+](=O)[O-]. The normalized spacial score (nSPS) is 24.2. The monoisotopic (exact) mass is 263 g/mol. The molecule has 0 aliphatic carbocycles. The summed E-state index contributed by atoms with van der Waals surface area (Å²) in [6, 6.07) is 5.69. The van der Waals surface area contributed by atoms with E-state index in [1.807, 2.05) is 6.07 Å². The molecule has 1 heterocycles. The first kappa shape index (κ1) is 13.8. The third-order valence-corrected chi connectivity index (χ3v) is 3.85. The standard InChI is InChI=1S/C14H21N3O2/c1-10-8-12(4-5-14(10)17(18)19)15-13-6-7-16(3)9-11(13)2/h4-5,8,11,13,15H,6-7,9H2,1-3H3. The largest absolute Gasteiger partial charge is 0.382 e. The third kappa shape index (κ3) is 3.23. The maximum atomic E-state index is 10.8. The van der Waals surface area contributed by atoms with Gasteiger partial charge in [0.2, 0.25) is 0 Å². The molecule has 1 aliphatic rings. The van der Waals surface area contributed by atoms with E-state index in [4.69, 9.17) is 0 Å². The Kier molecular flexibility index (Phi) is 4.04. The first-order valence-electron chi connectivity index (χ1n) is 6.67. The Bertz CT molecular complexity index is 476. The van der Waals surface area contributed by atoms with Crippen LogP contribution in [0.3, 0.4) is 0 Å². The van der Waals surface area contributed by atoms with E-state index in [9.17, 15) is 10.1 Å². The second kappa shape index (κ2) is 5.57. The summed E-state index contributed by atoms with van der Waals surface area (Å²) in [4.78, 5) is 12.8. The lowest BCUT2D eigenvalue weighted by Crippen LogP contribution is -2.43. The lowest BCUT2D eigenvalue weighted by Gasteiger charge is -2.35. The highest BCUT2D eigenvalue weighted by Gasteiger charge is 2.24. The maximum Gasteiger partial charge on any atom is 0.272 e. The molecule has 19 heavy (non-hydrogen) atoms. The summed E-state index contributed by atoms with van der Waals surface area (Å²) < 4.78 is 0. The first-order chi connectivity index (χ1) is 8.97. The highest BCUT2D eigenvalue weighted by Crippen LogP contribution is 2.25. The van der Waals surface area contributed by atoms with Crippen LogP contribution in [0.15, 0.2) is 18.2 Å². The fourth-order valence-corrected chi connectivity index (χ4v) is 2.73. The Balaban J connectivity index is 2.07. The van der Waals surface area contributed by atoms with E-state index in [1.165, 1.54) is 0 Å². The molecule has 1 fully saturated rings. The Morgan fingerprint density at radius 1 is 1.47 bits per heavy atom. The molecule has 5 heteroatoms. The summed E-state index contributed by atoms with van der Waals surface area (Å²) in [6.07, 6.45) is 1.10. The van der Waals surface area contributed by atoms with Crippen molar-refractivity contribution in [2.75, 3.05) is 25.5 Å². The lowest BCUT2D eigenvalue weighted by molar-refractivity contribution is -0.385. The van der Waals surface area contributed by atoms with E-state index in [0.29, 0.717) is 17.5 Å². The van der Waals surface area contributed by atoms with Crippen LogP contribution in [0.2, 0.25) is 0 Å². The lowest BCUT2D eigenvalue weighted by atomic mass is 9.94. The molecular weight excluding hydrogens is 242 g/mol. The van der Waals surface area contributed by atoms with Crippen molar-refractivity contribution in [1.82, 2.24) is 4.90 Å². The minimum atomic E-state index is -0.336. The van der Waals surface area contributed by atoms with Gasteiger partial charge in [0.25, 0.3) is 5.69 Å². The molecule has 104 valence electrons. The van der Waals surface area contributed by atoms with Crippen LogP contribution in [0.5, 0.6) is 0 Å². The first-order valence-corrected chi connectivity index (χ1v) is 6.67. The molecule has 1 aliphatic heterocycles. The number of nitro groups is 1. The molecule has 0 saturated carbocycles. The molecule has 2 unspecified atom stereocenters. The Hall–Kier alpha value is -1.62. The maximum absolute atomic E-state index is 10.8. The van der Waals surface area contributed by atoms with E-state index in [1.54, 1.807) is 19.1 Å². The van der Waals surface area contributed by atoms with Crippen molar-refractivity contribution < 1.29 is 4.92 Å². The van der Waals surface area contributed by atoms with Crippen molar-refractivity contribution >= 4 is 11.4 Å². The Morgan fingerprint density at radius 3 is 2.79 bits per heavy atom. The zero-order chi connectivity index (χ0) is 14.0. The van der Waals surface area contributed by atoms with Gasteiger partial charge in [0.15, 0.2) is 0 Å². The van der Waals surface area contributed by atoms with E-state index in [2.05, 4.69) is 24.2 Å². The van der Waals surface area contributed by atoms with Crippen LogP contribution in [0.1, 0.15) is 18.9 Å². The molecule has 0 aromatic heterocycles. The third-order valence-electron chi connectivity index (χ3n) is 3.85. The summed E-state index contributed by atoms with van der Waals surface area (Å²) in [5.74, 6) is 0.578. The van der Waals surface area contributed by atoms with Crippen molar-refractivity contribution in [2.24, 2.45) is 5.92 Å². The second-order valence-corrected chi connectivity index (χ2v) is 5.54. The molecule has 0 radical (unpaired) electrons. The van der Waals surface area contributed by atoms with Gasteiger partial charge >= 0.3 is 0 Å². The molecular formula is C14H21N3O2. The van der Waals surface area contributed by atoms with Crippen molar-refractivity contribution in [2.45, 2.75) is 26.3 Å². The molecule has 2 atom stereocenters. The van der Waals surface area contributed by atoms with Gasteiger partial charge in [-0.05, 0) is 45.0 Å². The Labute approximate surface area is 113 Å². The predicted octanol–water partition coefficient (Wildman–Crippen LogP) is 2.66. The molecule has 1 N–H and O–H groups in total. The van der Waals surface area contributed by atoms with Crippen LogP contribution in [0.4, 0.5) is 11.4 Å². The summed E-state index contributed by atoms with van der Waals surface area (Å²) in [5, 5.41) is 14.3. The van der Waals surface area contributed by atoms with Crippen LogP contribution in [0, 0.1) is 23.0 Å². The number of rotatable bonds is 3. The van der Waals surface area contributed by atoms with Gasteiger partial charge < -0.3 is 10.2 Å². The number of piperidine rings is 1. The molecule has 1 aromatic carbocycles. The fourth-order valence-electron chi connectivity index (χ4n) is 2.73. The van der Waals surface area contributed by atoms with Crippen LogP contribution < -0.4 is 5.32 Å². The van der Waals surface area contributed by atoms with Crippen LogP contribution in [0.25, 0.3) is 0 Å². The van der Waals surface area contributed by atoms with Gasteiger partial charge in [0, 0.05) is 29.9 Å². The van der Waals surface area contributed by atoms with Gasteiger partial charge in [-0.3, -0.25) is 10.1 Å². The summed E-state index contributed by atoms with van der Waals surface area (Å²) in [7, 11) is 2.14. The molecule has 0 spiro atoms. The van der Waals surface area contributed by atoms with Gasteiger partial charge in [0.1, 0.15) is 0 Å². The van der Waals surface area contributed by atoms with Crippen LogP contribution in [-0.2, 0) is 0 Å². The van der Waals surface area contributed by atoms with E-state index >= 15 is 0 Å². The number of nitrogens with zero attached hydrogens (tertiary/aromatic N) is 2. The quantitative estimate of drug-likeness (QED) is 0.673. The van der Waals surface area contributed by atoms with Crippen molar-refractivity contribution in [3.8, 4) is 0 Å². The highest BCUT2D eigenvalue weighted by atomic mass is 16.6. The topological polar surface area (TPSA) is 58.4 Å². The highest BCUT2D eigenvalue weighted by molar-refractivity contribution is 5.54. The number of nitrogens with one attached hydrogen (secondary N) is 1. The van der Waals surface area contributed by atoms with Crippen LogP contribution >= 0.6 is 0 Å². The van der Waals surface area contributed by atoms with Gasteiger partial charge in [-0.2, -0.15) is 0 Å². The van der Waals surface area contributed by atoms with Crippen LogP contribution in [-0.4, -0.2) is 36.0 Å². The van der Waals surface area contributed by atoms with E-state index in [-0.39, 0.29) is 10.6 Å². The predicted molar refractivity (Wildman–Crippen MR) is 76.5 cm³/mol. The Morgan fingerprint density at radius 2 is 2.21 bits per heavy atom. The van der Waals surface area contributed by atoms with Crippen molar-refractivity contribution in [3.63, 3.8) is 0 Å². The van der Waals surface area contributed by atoms with E-state index < -0.39 is 0 Å². The summed E-state index contributed by atoms with van der Waals surface area (Å²) in [5.41, 5.74) is 1.86. The van der Waals surface area contributed by atoms with Gasteiger partial charge in [-0.1, -0.05) is 6.92 Å². The number of likely N-dealkylation sites (tertiary alicyclic amines) is 1. The number of hydrogen-bond acceptors (Lipinski definition) is 4. The number of aryl methyl sites for hydroxylation is 1. The minimum absolute atomic E-state index is 0.182. The summed E-state index contributed by atoms with van der Waals surface area (Å²) >= 11 is 0. The zero-order valence-corrected chi connectivity index (χ0v) is 11.7. The van der Waals surface area contributed by atoms with Crippen molar-refractivity contribution in [1.29, 1.82) is 0 Å².